The quantitative estimate of drug-likeness (QED) is 0.915. The summed E-state index contributed by atoms with van der Waals surface area (Å²) in [4.78, 5) is 2.67. The van der Waals surface area contributed by atoms with Crippen LogP contribution in [0.3, 0.4) is 0 Å². The molecular weight excluding hydrogens is 248 g/mol. The summed E-state index contributed by atoms with van der Waals surface area (Å²) >= 11 is 0. The highest BCUT2D eigenvalue weighted by atomic mass is 16.5. The molecule has 2 aliphatic heterocycles. The number of ether oxygens (including phenoxy) is 1. The maximum absolute atomic E-state index is 5.85. The summed E-state index contributed by atoms with van der Waals surface area (Å²) in [6.07, 6.45) is 4.13. The first-order valence-corrected chi connectivity index (χ1v) is 8.03. The van der Waals surface area contributed by atoms with Crippen molar-refractivity contribution in [1.29, 1.82) is 0 Å². The van der Waals surface area contributed by atoms with Gasteiger partial charge >= 0.3 is 0 Å². The Labute approximate surface area is 121 Å². The van der Waals surface area contributed by atoms with Crippen molar-refractivity contribution in [3.05, 3.63) is 29.8 Å². The number of hydrogen-bond donors (Lipinski definition) is 1. The molecule has 1 aliphatic carbocycles. The fourth-order valence-electron chi connectivity index (χ4n) is 3.70. The van der Waals surface area contributed by atoms with Crippen molar-refractivity contribution in [2.24, 2.45) is 5.92 Å². The lowest BCUT2D eigenvalue weighted by atomic mass is 9.91. The summed E-state index contributed by atoms with van der Waals surface area (Å²) in [6, 6.07) is 10.5. The van der Waals surface area contributed by atoms with Crippen molar-refractivity contribution < 1.29 is 4.74 Å². The van der Waals surface area contributed by atoms with Crippen molar-refractivity contribution in [1.82, 2.24) is 10.2 Å². The van der Waals surface area contributed by atoms with Gasteiger partial charge in [0, 0.05) is 42.7 Å². The molecule has 4 rings (SSSR count). The van der Waals surface area contributed by atoms with Crippen LogP contribution in [0.2, 0.25) is 0 Å². The van der Waals surface area contributed by atoms with Gasteiger partial charge in [-0.15, -0.1) is 0 Å². The maximum Gasteiger partial charge on any atom is 0.124 e. The lowest BCUT2D eigenvalue weighted by Crippen LogP contribution is -2.41. The fourth-order valence-corrected chi connectivity index (χ4v) is 3.70. The molecule has 1 saturated carbocycles. The van der Waals surface area contributed by atoms with E-state index in [9.17, 15) is 0 Å². The summed E-state index contributed by atoms with van der Waals surface area (Å²) in [5, 5.41) is 3.91. The monoisotopic (exact) mass is 272 g/mol. The molecule has 2 fully saturated rings. The predicted molar refractivity (Wildman–Crippen MR) is 80.0 cm³/mol. The molecule has 1 saturated heterocycles. The lowest BCUT2D eigenvalue weighted by Gasteiger charge is -2.34. The van der Waals surface area contributed by atoms with Gasteiger partial charge < -0.3 is 10.1 Å². The molecule has 0 radical (unpaired) electrons. The Kier molecular flexibility index (Phi) is 3.20. The van der Waals surface area contributed by atoms with Crippen molar-refractivity contribution in [2.75, 3.05) is 19.7 Å². The van der Waals surface area contributed by atoms with E-state index in [1.165, 1.54) is 37.9 Å². The molecule has 0 amide bonds. The average molecular weight is 272 g/mol. The molecule has 3 atom stereocenters. The van der Waals surface area contributed by atoms with E-state index in [2.05, 4.69) is 41.4 Å². The van der Waals surface area contributed by atoms with Gasteiger partial charge in [0.25, 0.3) is 0 Å². The molecule has 3 nitrogen and oxygen atoms in total. The lowest BCUT2D eigenvalue weighted by molar-refractivity contribution is 0.179. The number of hydrogen-bond acceptors (Lipinski definition) is 3. The van der Waals surface area contributed by atoms with Crippen LogP contribution >= 0.6 is 0 Å². The summed E-state index contributed by atoms with van der Waals surface area (Å²) in [5.74, 6) is 1.61. The Bertz CT molecular complexity index is 486. The molecule has 0 aromatic heterocycles. The van der Waals surface area contributed by atoms with Crippen molar-refractivity contribution in [3.63, 3.8) is 0 Å². The van der Waals surface area contributed by atoms with Gasteiger partial charge in [-0.2, -0.15) is 0 Å². The fraction of sp³-hybridized carbons (Fsp3) is 0.647. The van der Waals surface area contributed by atoms with Crippen LogP contribution in [0.1, 0.15) is 37.8 Å². The first-order chi connectivity index (χ1) is 9.81. The van der Waals surface area contributed by atoms with E-state index in [-0.39, 0.29) is 0 Å². The normalized spacial score (nSPS) is 33.8. The van der Waals surface area contributed by atoms with Gasteiger partial charge in [0.1, 0.15) is 5.75 Å². The van der Waals surface area contributed by atoms with E-state index >= 15 is 0 Å². The molecule has 0 bridgehead atoms. The van der Waals surface area contributed by atoms with Crippen LogP contribution in [0.5, 0.6) is 5.75 Å². The Balaban J connectivity index is 1.47. The molecule has 1 N–H and O–H groups in total. The standard InChI is InChI=1S/C17H24N2O/c1-12-11-20-16-5-3-2-4-15(16)17(12)18-13-8-9-19(10-13)14-6-7-14/h2-5,12-14,17-18H,6-11H2,1H3. The number of fused-ring (bicyclic) bond motifs is 1. The topological polar surface area (TPSA) is 24.5 Å². The summed E-state index contributed by atoms with van der Waals surface area (Å²) < 4.78 is 5.85. The van der Waals surface area contributed by atoms with E-state index in [1.54, 1.807) is 0 Å². The van der Waals surface area contributed by atoms with E-state index in [0.717, 1.165) is 18.4 Å². The number of nitrogens with one attached hydrogen (secondary N) is 1. The van der Waals surface area contributed by atoms with E-state index in [4.69, 9.17) is 4.74 Å². The zero-order chi connectivity index (χ0) is 13.5. The molecule has 3 aliphatic rings. The van der Waals surface area contributed by atoms with Crippen LogP contribution in [-0.4, -0.2) is 36.7 Å². The maximum atomic E-state index is 5.85. The van der Waals surface area contributed by atoms with Crippen LogP contribution in [0.4, 0.5) is 0 Å². The first-order valence-electron chi connectivity index (χ1n) is 8.03. The van der Waals surface area contributed by atoms with E-state index < -0.39 is 0 Å². The molecule has 108 valence electrons. The highest BCUT2D eigenvalue weighted by Gasteiger charge is 2.36. The van der Waals surface area contributed by atoms with Gasteiger partial charge in [-0.05, 0) is 25.3 Å². The molecule has 3 heteroatoms. The third-order valence-corrected chi connectivity index (χ3v) is 5.02. The minimum absolute atomic E-state index is 0.448. The number of likely N-dealkylation sites (tertiary alicyclic amines) is 1. The first kappa shape index (κ1) is 12.7. The van der Waals surface area contributed by atoms with Gasteiger partial charge in [-0.25, -0.2) is 0 Å². The zero-order valence-electron chi connectivity index (χ0n) is 12.2. The summed E-state index contributed by atoms with van der Waals surface area (Å²) in [7, 11) is 0. The predicted octanol–water partition coefficient (Wildman–Crippen LogP) is 2.58. The number of rotatable bonds is 3. The molecule has 1 aromatic rings. The largest absolute Gasteiger partial charge is 0.493 e. The zero-order valence-corrected chi connectivity index (χ0v) is 12.2. The number of benzene rings is 1. The van der Waals surface area contributed by atoms with Gasteiger partial charge in [0.2, 0.25) is 0 Å². The van der Waals surface area contributed by atoms with E-state index in [0.29, 0.717) is 18.0 Å². The van der Waals surface area contributed by atoms with E-state index in [1.807, 2.05) is 0 Å². The molecule has 20 heavy (non-hydrogen) atoms. The number of nitrogens with zero attached hydrogens (tertiary/aromatic N) is 1. The average Bonchev–Trinajstić information content (AvgIpc) is 3.22. The molecule has 2 heterocycles. The smallest absolute Gasteiger partial charge is 0.124 e. The van der Waals surface area contributed by atoms with Gasteiger partial charge in [-0.3, -0.25) is 4.90 Å². The third-order valence-electron chi connectivity index (χ3n) is 5.02. The Hall–Kier alpha value is -1.06. The summed E-state index contributed by atoms with van der Waals surface area (Å²) in [5.41, 5.74) is 1.34. The second-order valence-electron chi connectivity index (χ2n) is 6.68. The van der Waals surface area contributed by atoms with Crippen molar-refractivity contribution >= 4 is 0 Å². The third kappa shape index (κ3) is 2.33. The number of para-hydroxylation sites is 1. The second kappa shape index (κ2) is 5.05. The van der Waals surface area contributed by atoms with Crippen LogP contribution in [0.25, 0.3) is 0 Å². The Morgan fingerprint density at radius 1 is 1.20 bits per heavy atom. The minimum atomic E-state index is 0.448. The Morgan fingerprint density at radius 2 is 2.05 bits per heavy atom. The second-order valence-corrected chi connectivity index (χ2v) is 6.68. The van der Waals surface area contributed by atoms with Gasteiger partial charge in [-0.1, -0.05) is 25.1 Å². The van der Waals surface area contributed by atoms with Gasteiger partial charge in [0.15, 0.2) is 0 Å². The molecule has 0 spiro atoms. The van der Waals surface area contributed by atoms with Crippen molar-refractivity contribution in [3.8, 4) is 5.75 Å². The Morgan fingerprint density at radius 3 is 2.90 bits per heavy atom. The molecule has 3 unspecified atom stereocenters. The van der Waals surface area contributed by atoms with Crippen LogP contribution in [-0.2, 0) is 0 Å². The van der Waals surface area contributed by atoms with Crippen LogP contribution < -0.4 is 10.1 Å². The molecular formula is C17H24N2O. The SMILES string of the molecule is CC1COc2ccccc2C1NC1CCN(C2CC2)C1. The highest BCUT2D eigenvalue weighted by Crippen LogP contribution is 2.36. The van der Waals surface area contributed by atoms with Crippen LogP contribution in [0, 0.1) is 5.92 Å². The summed E-state index contributed by atoms with van der Waals surface area (Å²) in [6.45, 7) is 5.63. The van der Waals surface area contributed by atoms with Crippen molar-refractivity contribution in [2.45, 2.75) is 44.3 Å². The van der Waals surface area contributed by atoms with Gasteiger partial charge in [0.05, 0.1) is 6.61 Å². The highest BCUT2D eigenvalue weighted by molar-refractivity contribution is 5.38. The molecule has 1 aromatic carbocycles. The minimum Gasteiger partial charge on any atom is -0.493 e. The van der Waals surface area contributed by atoms with Crippen LogP contribution in [0.15, 0.2) is 24.3 Å².